The largest absolute Gasteiger partial charge is 0.455 e. The van der Waals surface area contributed by atoms with Gasteiger partial charge in [0.05, 0.1) is 26.3 Å². The van der Waals surface area contributed by atoms with Crippen molar-refractivity contribution < 1.29 is 14.0 Å². The van der Waals surface area contributed by atoms with Gasteiger partial charge in [0.15, 0.2) is 17.5 Å². The van der Waals surface area contributed by atoms with Gasteiger partial charge in [0.1, 0.15) is 11.2 Å². The molecule has 0 fully saturated rings. The van der Waals surface area contributed by atoms with Gasteiger partial charge in [0.25, 0.3) is 0 Å². The van der Waals surface area contributed by atoms with Crippen LogP contribution in [0.15, 0.2) is 235 Å². The number of furan rings is 1. The van der Waals surface area contributed by atoms with E-state index in [1.807, 2.05) is 84.9 Å². The Morgan fingerprint density at radius 1 is 0.391 bits per heavy atom. The van der Waals surface area contributed by atoms with Crippen LogP contribution < -0.4 is 0 Å². The van der Waals surface area contributed by atoms with Gasteiger partial charge in [-0.3, -0.25) is 0 Å². The molecule has 5 nitrogen and oxygen atoms in total. The standard InChI is InChI=1S/C63H38N4OS/c1-2-15-39(16-3-1)40-31-33-41(34-32-40)61-64-62(66-63(65-61)52-22-6-10-29-56(52)67-54-27-8-4-19-47(54)48-20-5-9-28-55(48)67)44-18-12-17-42(37-44)46-24-14-26-51-53-38-43(35-36-58(53)69-60(46)51)45-23-13-25-50-49-21-7-11-30-57(49)68-59(45)50/h1-38H/i4D,5D,8D,19D,20D,27D,28D. The lowest BCUT2D eigenvalue weighted by Crippen LogP contribution is -2.03. The smallest absolute Gasteiger partial charge is 0.166 e. The van der Waals surface area contributed by atoms with Gasteiger partial charge in [-0.25, -0.2) is 15.0 Å². The van der Waals surface area contributed by atoms with Gasteiger partial charge in [-0.2, -0.15) is 0 Å². The van der Waals surface area contributed by atoms with Crippen molar-refractivity contribution in [2.75, 3.05) is 0 Å². The van der Waals surface area contributed by atoms with Gasteiger partial charge in [0, 0.05) is 64.0 Å². The van der Waals surface area contributed by atoms with Crippen molar-refractivity contribution in [2.45, 2.75) is 0 Å². The molecule has 0 saturated heterocycles. The second kappa shape index (κ2) is 15.8. The molecular weight excluding hydrogens is 861 g/mol. The molecule has 0 aliphatic rings. The van der Waals surface area contributed by atoms with Crippen LogP contribution in [-0.4, -0.2) is 19.5 Å². The fourth-order valence-corrected chi connectivity index (χ4v) is 11.0. The molecule has 69 heavy (non-hydrogen) atoms. The monoisotopic (exact) mass is 905 g/mol. The zero-order valence-electron chi connectivity index (χ0n) is 43.5. The van der Waals surface area contributed by atoms with Crippen LogP contribution in [-0.2, 0) is 0 Å². The zero-order valence-corrected chi connectivity index (χ0v) is 37.3. The molecule has 0 aliphatic carbocycles. The Bertz CT molecular complexity index is 4740. The van der Waals surface area contributed by atoms with Crippen molar-refractivity contribution in [3.63, 3.8) is 0 Å². The number of hydrogen-bond acceptors (Lipinski definition) is 5. The lowest BCUT2D eigenvalue weighted by atomic mass is 9.98. The van der Waals surface area contributed by atoms with Crippen molar-refractivity contribution in [1.29, 1.82) is 0 Å². The minimum absolute atomic E-state index is 0.0603. The van der Waals surface area contributed by atoms with E-state index >= 15 is 0 Å². The molecule has 0 spiro atoms. The van der Waals surface area contributed by atoms with Crippen molar-refractivity contribution in [2.24, 2.45) is 0 Å². The van der Waals surface area contributed by atoms with Crippen molar-refractivity contribution in [3.8, 4) is 73.2 Å². The highest BCUT2D eigenvalue weighted by atomic mass is 32.1. The first-order chi connectivity index (χ1) is 37.1. The summed E-state index contributed by atoms with van der Waals surface area (Å²) in [5.41, 5.74) is 10.6. The lowest BCUT2D eigenvalue weighted by Gasteiger charge is -2.15. The Labute approximate surface area is 410 Å². The molecule has 0 saturated carbocycles. The average Bonchev–Trinajstić information content (AvgIpc) is 4.30. The van der Waals surface area contributed by atoms with E-state index in [9.17, 15) is 2.74 Å². The summed E-state index contributed by atoms with van der Waals surface area (Å²) in [5, 5.41) is 4.63. The number of thiophene rings is 1. The third-order valence-electron chi connectivity index (χ3n) is 13.0. The molecule has 0 bridgehead atoms. The maximum atomic E-state index is 9.23. The van der Waals surface area contributed by atoms with Crippen molar-refractivity contribution in [1.82, 2.24) is 19.5 Å². The van der Waals surface area contributed by atoms with Gasteiger partial charge >= 0.3 is 0 Å². The third-order valence-corrected chi connectivity index (χ3v) is 14.2. The molecule has 322 valence electrons. The van der Waals surface area contributed by atoms with E-state index in [0.717, 1.165) is 81.9 Å². The van der Waals surface area contributed by atoms with Crippen LogP contribution >= 0.6 is 11.3 Å². The SMILES string of the molecule is [2H]c1cc([2H])c2c(c1[2H])c1c([2H])c([2H])c([2H])c([2H])c1n2-c1ccccc1-c1nc(-c2ccc(-c3ccccc3)cc2)nc(-c2cccc(-c3cccc4c3sc3ccc(-c5cccc6c5oc5ccccc56)cc34)c2)n1. The van der Waals surface area contributed by atoms with E-state index in [4.69, 9.17) is 26.2 Å². The van der Waals surface area contributed by atoms with Crippen LogP contribution in [0.5, 0.6) is 0 Å². The lowest BCUT2D eigenvalue weighted by molar-refractivity contribution is 0.670. The van der Waals surface area contributed by atoms with E-state index in [1.54, 1.807) is 28.0 Å². The highest BCUT2D eigenvalue weighted by molar-refractivity contribution is 7.26. The molecular formula is C63H38N4OS. The van der Waals surface area contributed by atoms with Crippen LogP contribution in [0.2, 0.25) is 0 Å². The number of hydrogen-bond donors (Lipinski definition) is 0. The molecule has 14 rings (SSSR count). The fourth-order valence-electron chi connectivity index (χ4n) is 9.76. The first-order valence-corrected chi connectivity index (χ1v) is 23.4. The molecule has 4 heterocycles. The number of aromatic nitrogens is 4. The summed E-state index contributed by atoms with van der Waals surface area (Å²) in [6.07, 6.45) is 0. The predicted molar refractivity (Wildman–Crippen MR) is 287 cm³/mol. The molecule has 0 amide bonds. The van der Waals surface area contributed by atoms with E-state index in [-0.39, 0.29) is 57.8 Å². The van der Waals surface area contributed by atoms with Crippen molar-refractivity contribution in [3.05, 3.63) is 230 Å². The second-order valence-electron chi connectivity index (χ2n) is 17.0. The quantitative estimate of drug-likeness (QED) is 0.160. The minimum Gasteiger partial charge on any atom is -0.455 e. The fraction of sp³-hybridized carbons (Fsp3) is 0. The summed E-state index contributed by atoms with van der Waals surface area (Å²) in [6.45, 7) is 0. The Morgan fingerprint density at radius 3 is 1.90 bits per heavy atom. The second-order valence-corrected chi connectivity index (χ2v) is 18.0. The third kappa shape index (κ3) is 6.49. The average molecular weight is 906 g/mol. The maximum absolute atomic E-state index is 9.23. The maximum Gasteiger partial charge on any atom is 0.166 e. The molecule has 0 aliphatic heterocycles. The number of nitrogens with zero attached hydrogens (tertiary/aromatic N) is 4. The van der Waals surface area contributed by atoms with E-state index in [0.29, 0.717) is 22.9 Å². The molecule has 4 aromatic heterocycles. The summed E-state index contributed by atoms with van der Waals surface area (Å²) in [6, 6.07) is 60.3. The summed E-state index contributed by atoms with van der Waals surface area (Å²) < 4.78 is 72.8. The normalized spacial score (nSPS) is 13.2. The Morgan fingerprint density at radius 2 is 1.00 bits per heavy atom. The highest BCUT2D eigenvalue weighted by Crippen LogP contribution is 2.44. The Hall–Kier alpha value is -8.97. The number of rotatable bonds is 7. The number of para-hydroxylation sites is 5. The van der Waals surface area contributed by atoms with Gasteiger partial charge in [0.2, 0.25) is 0 Å². The van der Waals surface area contributed by atoms with Crippen LogP contribution in [0.3, 0.4) is 0 Å². The minimum atomic E-state index is -0.468. The number of benzene rings is 10. The summed E-state index contributed by atoms with van der Waals surface area (Å²) in [7, 11) is 0. The molecule has 0 unspecified atom stereocenters. The molecule has 6 heteroatoms. The topological polar surface area (TPSA) is 56.7 Å². The summed E-state index contributed by atoms with van der Waals surface area (Å²) in [4.78, 5) is 15.5. The van der Waals surface area contributed by atoms with Gasteiger partial charge in [-0.15, -0.1) is 11.3 Å². The summed E-state index contributed by atoms with van der Waals surface area (Å²) >= 11 is 1.75. The summed E-state index contributed by atoms with van der Waals surface area (Å²) in [5.74, 6) is 1.08. The van der Waals surface area contributed by atoms with E-state index in [2.05, 4.69) is 84.9 Å². The van der Waals surface area contributed by atoms with E-state index in [1.165, 1.54) is 10.8 Å². The van der Waals surface area contributed by atoms with Gasteiger partial charge < -0.3 is 8.98 Å². The van der Waals surface area contributed by atoms with Gasteiger partial charge in [-0.05, 0) is 76.3 Å². The number of fused-ring (bicyclic) bond motifs is 9. The zero-order chi connectivity index (χ0) is 51.5. The Balaban J connectivity index is 0.940. The van der Waals surface area contributed by atoms with Crippen LogP contribution in [0.4, 0.5) is 0 Å². The van der Waals surface area contributed by atoms with Crippen LogP contribution in [0.25, 0.3) is 137 Å². The predicted octanol–water partition coefficient (Wildman–Crippen LogP) is 17.2. The van der Waals surface area contributed by atoms with Gasteiger partial charge in [-0.1, -0.05) is 182 Å². The highest BCUT2D eigenvalue weighted by Gasteiger charge is 2.21. The Kier molecular flexibility index (Phi) is 7.50. The molecule has 0 atom stereocenters. The molecule has 10 aromatic carbocycles. The first-order valence-electron chi connectivity index (χ1n) is 26.1. The van der Waals surface area contributed by atoms with Crippen molar-refractivity contribution >= 4 is 75.3 Å². The molecule has 14 aromatic rings. The molecule has 0 N–H and O–H groups in total. The molecule has 0 radical (unpaired) electrons. The van der Waals surface area contributed by atoms with E-state index < -0.39 is 12.1 Å². The van der Waals surface area contributed by atoms with Crippen LogP contribution in [0, 0.1) is 0 Å². The van der Waals surface area contributed by atoms with Crippen LogP contribution in [0.1, 0.15) is 9.60 Å². The first kappa shape index (κ1) is 32.7.